The summed E-state index contributed by atoms with van der Waals surface area (Å²) in [7, 11) is 0. The molecule has 3 rings (SSSR count). The highest BCUT2D eigenvalue weighted by Crippen LogP contribution is 2.32. The highest BCUT2D eigenvalue weighted by atomic mass is 19.4. The van der Waals surface area contributed by atoms with Crippen LogP contribution in [0.5, 0.6) is 11.6 Å². The summed E-state index contributed by atoms with van der Waals surface area (Å²) in [5, 5.41) is 12.2. The van der Waals surface area contributed by atoms with Gasteiger partial charge in [-0.25, -0.2) is 4.98 Å². The minimum absolute atomic E-state index is 0.0209. The molecule has 1 aliphatic heterocycles. The Morgan fingerprint density at radius 2 is 2.07 bits per heavy atom. The molecule has 1 atom stereocenters. The summed E-state index contributed by atoms with van der Waals surface area (Å²) in [4.78, 5) is 18.3. The number of benzene rings is 1. The third-order valence-electron chi connectivity index (χ3n) is 4.30. The van der Waals surface area contributed by atoms with E-state index in [0.717, 1.165) is 25.1 Å². The molecular formula is C19H20F3N3O3. The molecule has 1 aromatic heterocycles. The van der Waals surface area contributed by atoms with Gasteiger partial charge in [0.05, 0.1) is 11.7 Å². The van der Waals surface area contributed by atoms with Crippen LogP contribution >= 0.6 is 0 Å². The summed E-state index contributed by atoms with van der Waals surface area (Å²) < 4.78 is 43.7. The average Bonchev–Trinajstić information content (AvgIpc) is 3.06. The number of carbonyl (C=O) groups is 1. The van der Waals surface area contributed by atoms with E-state index < -0.39 is 17.6 Å². The summed E-state index contributed by atoms with van der Waals surface area (Å²) in [6, 6.07) is 8.94. The number of β-amino-alcohol motifs (C(OH)–C–C–N with tert-alkyl or cyclic N) is 1. The molecule has 0 saturated carbocycles. The molecule has 2 aromatic rings. The highest BCUT2D eigenvalue weighted by Gasteiger charge is 2.30. The molecule has 6 nitrogen and oxygen atoms in total. The fourth-order valence-corrected chi connectivity index (χ4v) is 2.89. The number of aliphatic hydroxyl groups excluding tert-OH is 1. The first-order valence-corrected chi connectivity index (χ1v) is 8.82. The Hall–Kier alpha value is -2.65. The third-order valence-corrected chi connectivity index (χ3v) is 4.30. The molecular weight excluding hydrogens is 375 g/mol. The van der Waals surface area contributed by atoms with Gasteiger partial charge in [-0.1, -0.05) is 12.1 Å². The molecule has 1 aliphatic rings. The number of nitrogens with zero attached hydrogens (tertiary/aromatic N) is 2. The Labute approximate surface area is 159 Å². The fourth-order valence-electron chi connectivity index (χ4n) is 2.89. The number of amides is 1. The Morgan fingerprint density at radius 3 is 2.79 bits per heavy atom. The van der Waals surface area contributed by atoms with Crippen molar-refractivity contribution in [2.24, 2.45) is 0 Å². The molecule has 1 amide bonds. The Balaban J connectivity index is 1.58. The number of likely N-dealkylation sites (tertiary alicyclic amines) is 1. The van der Waals surface area contributed by atoms with Gasteiger partial charge in [-0.3, -0.25) is 9.69 Å². The molecule has 150 valence electrons. The van der Waals surface area contributed by atoms with Crippen molar-refractivity contribution >= 4 is 5.91 Å². The lowest BCUT2D eigenvalue weighted by Gasteiger charge is -2.15. The maximum absolute atomic E-state index is 12.8. The molecule has 0 bridgehead atoms. The van der Waals surface area contributed by atoms with Crippen LogP contribution in [0.4, 0.5) is 13.2 Å². The molecule has 1 aromatic carbocycles. The van der Waals surface area contributed by atoms with Gasteiger partial charge < -0.3 is 15.2 Å². The summed E-state index contributed by atoms with van der Waals surface area (Å²) in [5.41, 5.74) is -0.725. The Bertz CT molecular complexity index is 829. The number of hydrogen-bond acceptors (Lipinski definition) is 5. The molecule has 1 fully saturated rings. The van der Waals surface area contributed by atoms with Crippen molar-refractivity contribution in [3.8, 4) is 11.6 Å². The lowest BCUT2D eigenvalue weighted by atomic mass is 10.2. The second-order valence-electron chi connectivity index (χ2n) is 6.49. The monoisotopic (exact) mass is 395 g/mol. The van der Waals surface area contributed by atoms with E-state index in [9.17, 15) is 23.1 Å². The van der Waals surface area contributed by atoms with E-state index in [0.29, 0.717) is 19.6 Å². The first-order valence-electron chi connectivity index (χ1n) is 8.82. The molecule has 1 saturated heterocycles. The fraction of sp³-hybridized carbons (Fsp3) is 0.368. The van der Waals surface area contributed by atoms with Crippen LogP contribution < -0.4 is 10.1 Å². The van der Waals surface area contributed by atoms with E-state index in [-0.39, 0.29) is 23.4 Å². The van der Waals surface area contributed by atoms with E-state index in [1.54, 1.807) is 6.07 Å². The summed E-state index contributed by atoms with van der Waals surface area (Å²) in [6.45, 7) is 2.39. The largest absolute Gasteiger partial charge is 0.439 e. The molecule has 2 heterocycles. The number of carbonyl (C=O) groups excluding carboxylic acids is 1. The van der Waals surface area contributed by atoms with Crippen LogP contribution in [0.25, 0.3) is 0 Å². The van der Waals surface area contributed by atoms with E-state index in [1.165, 1.54) is 24.3 Å². The van der Waals surface area contributed by atoms with Crippen LogP contribution in [0.1, 0.15) is 22.5 Å². The van der Waals surface area contributed by atoms with E-state index in [4.69, 9.17) is 4.74 Å². The molecule has 0 unspecified atom stereocenters. The predicted molar refractivity (Wildman–Crippen MR) is 95.2 cm³/mol. The molecule has 0 aliphatic carbocycles. The highest BCUT2D eigenvalue weighted by molar-refractivity contribution is 5.92. The smallest absolute Gasteiger partial charge is 0.416 e. The Kier molecular flexibility index (Phi) is 6.15. The van der Waals surface area contributed by atoms with Crippen molar-refractivity contribution in [2.45, 2.75) is 18.7 Å². The SMILES string of the molecule is O=C(NCCN1CC[C@@H](O)C1)c1cccc(Oc2cccc(C(F)(F)F)c2)n1. The summed E-state index contributed by atoms with van der Waals surface area (Å²) >= 11 is 0. The van der Waals surface area contributed by atoms with Crippen LogP contribution in [0.2, 0.25) is 0 Å². The average molecular weight is 395 g/mol. The second-order valence-corrected chi connectivity index (χ2v) is 6.49. The lowest BCUT2D eigenvalue weighted by Crippen LogP contribution is -2.34. The molecule has 0 radical (unpaired) electrons. The number of pyridine rings is 1. The first kappa shape index (κ1) is 20.1. The van der Waals surface area contributed by atoms with Gasteiger partial charge in [0.1, 0.15) is 11.4 Å². The number of halogens is 3. The topological polar surface area (TPSA) is 74.7 Å². The molecule has 2 N–H and O–H groups in total. The van der Waals surface area contributed by atoms with E-state index in [1.807, 2.05) is 4.90 Å². The summed E-state index contributed by atoms with van der Waals surface area (Å²) in [6.07, 6.45) is -4.06. The van der Waals surface area contributed by atoms with Crippen molar-refractivity contribution < 1.29 is 27.8 Å². The Morgan fingerprint density at radius 1 is 1.29 bits per heavy atom. The van der Waals surface area contributed by atoms with Crippen molar-refractivity contribution in [1.82, 2.24) is 15.2 Å². The minimum Gasteiger partial charge on any atom is -0.439 e. The van der Waals surface area contributed by atoms with Gasteiger partial charge in [0, 0.05) is 32.2 Å². The van der Waals surface area contributed by atoms with Crippen molar-refractivity contribution in [3.05, 3.63) is 53.7 Å². The number of rotatable bonds is 6. The van der Waals surface area contributed by atoms with Crippen LogP contribution in [-0.4, -0.2) is 53.2 Å². The minimum atomic E-state index is -4.47. The number of ether oxygens (including phenoxy) is 1. The zero-order chi connectivity index (χ0) is 20.1. The lowest BCUT2D eigenvalue weighted by molar-refractivity contribution is -0.137. The molecule has 28 heavy (non-hydrogen) atoms. The van der Waals surface area contributed by atoms with Gasteiger partial charge in [0.25, 0.3) is 5.91 Å². The number of nitrogens with one attached hydrogen (secondary N) is 1. The van der Waals surface area contributed by atoms with Gasteiger partial charge in [0.15, 0.2) is 0 Å². The van der Waals surface area contributed by atoms with Crippen molar-refractivity contribution in [3.63, 3.8) is 0 Å². The molecule has 9 heteroatoms. The number of hydrogen-bond donors (Lipinski definition) is 2. The predicted octanol–water partition coefficient (Wildman–Crippen LogP) is 2.69. The van der Waals surface area contributed by atoms with Crippen LogP contribution in [0.3, 0.4) is 0 Å². The first-order chi connectivity index (χ1) is 13.3. The third kappa shape index (κ3) is 5.43. The standard InChI is InChI=1S/C19H20F3N3O3/c20-19(21,22)13-3-1-4-15(11-13)28-17-6-2-5-16(24-17)18(27)23-8-10-25-9-7-14(26)12-25/h1-6,11,14,26H,7-10,12H2,(H,23,27)/t14-/m1/s1. The maximum atomic E-state index is 12.8. The quantitative estimate of drug-likeness (QED) is 0.787. The van der Waals surface area contributed by atoms with Crippen LogP contribution in [0, 0.1) is 0 Å². The zero-order valence-electron chi connectivity index (χ0n) is 14.9. The van der Waals surface area contributed by atoms with Crippen molar-refractivity contribution in [1.29, 1.82) is 0 Å². The maximum Gasteiger partial charge on any atom is 0.416 e. The number of aromatic nitrogens is 1. The number of aliphatic hydroxyl groups is 1. The van der Waals surface area contributed by atoms with Gasteiger partial charge >= 0.3 is 6.18 Å². The zero-order valence-corrected chi connectivity index (χ0v) is 14.9. The second kappa shape index (κ2) is 8.57. The van der Waals surface area contributed by atoms with Gasteiger partial charge in [-0.2, -0.15) is 13.2 Å². The van der Waals surface area contributed by atoms with Crippen LogP contribution in [0.15, 0.2) is 42.5 Å². The van der Waals surface area contributed by atoms with Crippen LogP contribution in [-0.2, 0) is 6.18 Å². The van der Waals surface area contributed by atoms with Gasteiger partial charge in [-0.15, -0.1) is 0 Å². The molecule has 0 spiro atoms. The van der Waals surface area contributed by atoms with Crippen molar-refractivity contribution in [2.75, 3.05) is 26.2 Å². The number of alkyl halides is 3. The van der Waals surface area contributed by atoms with Gasteiger partial charge in [0.2, 0.25) is 5.88 Å². The van der Waals surface area contributed by atoms with E-state index in [2.05, 4.69) is 10.3 Å². The summed E-state index contributed by atoms with van der Waals surface area (Å²) in [5.74, 6) is -0.406. The van der Waals surface area contributed by atoms with E-state index >= 15 is 0 Å². The normalized spacial score (nSPS) is 17.5. The van der Waals surface area contributed by atoms with Gasteiger partial charge in [-0.05, 0) is 30.7 Å².